The first-order valence-corrected chi connectivity index (χ1v) is 7.04. The molecule has 20 heavy (non-hydrogen) atoms. The Kier molecular flexibility index (Phi) is 3.54. The van der Waals surface area contributed by atoms with Crippen molar-refractivity contribution in [1.82, 2.24) is 4.90 Å². The van der Waals surface area contributed by atoms with Crippen LogP contribution in [0.5, 0.6) is 0 Å². The van der Waals surface area contributed by atoms with Gasteiger partial charge in [-0.25, -0.2) is 0 Å². The molecule has 0 spiro atoms. The Labute approximate surface area is 120 Å². The lowest BCUT2D eigenvalue weighted by atomic mass is 9.97. The molecule has 0 saturated heterocycles. The molecule has 2 aromatic rings. The summed E-state index contributed by atoms with van der Waals surface area (Å²) in [6.07, 6.45) is 1.08. The SMILES string of the molecule is Cc1ccc(CN2CCc3ccc(C#N)cc3C2)cc1. The molecule has 2 heteroatoms. The van der Waals surface area contributed by atoms with Crippen LogP contribution in [0, 0.1) is 18.3 Å². The molecule has 1 heterocycles. The quantitative estimate of drug-likeness (QED) is 0.829. The second-order valence-electron chi connectivity index (χ2n) is 5.54. The van der Waals surface area contributed by atoms with Crippen molar-refractivity contribution in [2.45, 2.75) is 26.4 Å². The van der Waals surface area contributed by atoms with Gasteiger partial charge in [-0.1, -0.05) is 35.9 Å². The highest BCUT2D eigenvalue weighted by Gasteiger charge is 2.16. The highest BCUT2D eigenvalue weighted by Crippen LogP contribution is 2.21. The van der Waals surface area contributed by atoms with Gasteiger partial charge < -0.3 is 0 Å². The Morgan fingerprint density at radius 3 is 2.65 bits per heavy atom. The van der Waals surface area contributed by atoms with Gasteiger partial charge in [0.1, 0.15) is 0 Å². The van der Waals surface area contributed by atoms with Crippen LogP contribution in [0.4, 0.5) is 0 Å². The fourth-order valence-electron chi connectivity index (χ4n) is 2.77. The summed E-state index contributed by atoms with van der Waals surface area (Å²) in [5.41, 5.74) is 6.12. The van der Waals surface area contributed by atoms with E-state index in [9.17, 15) is 0 Å². The second kappa shape index (κ2) is 5.48. The van der Waals surface area contributed by atoms with Crippen LogP contribution in [-0.4, -0.2) is 11.4 Å². The molecule has 1 aliphatic rings. The van der Waals surface area contributed by atoms with Gasteiger partial charge in [0.2, 0.25) is 0 Å². The molecule has 1 aliphatic heterocycles. The van der Waals surface area contributed by atoms with Crippen LogP contribution in [0.2, 0.25) is 0 Å². The van der Waals surface area contributed by atoms with Crippen molar-refractivity contribution >= 4 is 0 Å². The molecule has 0 fully saturated rings. The molecule has 0 atom stereocenters. The van der Waals surface area contributed by atoms with E-state index in [-0.39, 0.29) is 0 Å². The second-order valence-corrected chi connectivity index (χ2v) is 5.54. The normalized spacial score (nSPS) is 14.6. The minimum atomic E-state index is 0.765. The summed E-state index contributed by atoms with van der Waals surface area (Å²) in [6.45, 7) is 5.13. The summed E-state index contributed by atoms with van der Waals surface area (Å²) in [5.74, 6) is 0. The monoisotopic (exact) mass is 262 g/mol. The molecule has 0 amide bonds. The molecular weight excluding hydrogens is 244 g/mol. The third kappa shape index (κ3) is 2.74. The topological polar surface area (TPSA) is 27.0 Å². The van der Waals surface area contributed by atoms with E-state index in [4.69, 9.17) is 5.26 Å². The average Bonchev–Trinajstić information content (AvgIpc) is 2.49. The Morgan fingerprint density at radius 1 is 1.10 bits per heavy atom. The average molecular weight is 262 g/mol. The van der Waals surface area contributed by atoms with E-state index in [0.717, 1.165) is 31.6 Å². The van der Waals surface area contributed by atoms with E-state index >= 15 is 0 Å². The highest BCUT2D eigenvalue weighted by molar-refractivity contribution is 5.39. The molecule has 3 rings (SSSR count). The van der Waals surface area contributed by atoms with Gasteiger partial charge in [0, 0.05) is 19.6 Å². The standard InChI is InChI=1S/C18H18N2/c1-14-2-4-15(5-3-14)12-20-9-8-17-7-6-16(11-19)10-18(17)13-20/h2-7,10H,8-9,12-13H2,1H3. The molecule has 0 bridgehead atoms. The van der Waals surface area contributed by atoms with Crippen molar-refractivity contribution in [3.05, 3.63) is 70.3 Å². The Morgan fingerprint density at radius 2 is 1.90 bits per heavy atom. The van der Waals surface area contributed by atoms with Gasteiger partial charge in [-0.05, 0) is 42.2 Å². The summed E-state index contributed by atoms with van der Waals surface area (Å²) in [6, 6.07) is 17.0. The van der Waals surface area contributed by atoms with E-state index in [1.165, 1.54) is 22.3 Å². The minimum Gasteiger partial charge on any atom is -0.294 e. The summed E-state index contributed by atoms with van der Waals surface area (Å²) >= 11 is 0. The number of benzene rings is 2. The number of rotatable bonds is 2. The molecule has 0 aliphatic carbocycles. The van der Waals surface area contributed by atoms with Gasteiger partial charge in [0.15, 0.2) is 0 Å². The van der Waals surface area contributed by atoms with Gasteiger partial charge in [0.25, 0.3) is 0 Å². The smallest absolute Gasteiger partial charge is 0.0991 e. The Balaban J connectivity index is 1.75. The number of aryl methyl sites for hydroxylation is 1. The van der Waals surface area contributed by atoms with Gasteiger partial charge in [-0.2, -0.15) is 5.26 Å². The molecule has 0 saturated carbocycles. The van der Waals surface area contributed by atoms with Crippen LogP contribution in [-0.2, 0) is 19.5 Å². The van der Waals surface area contributed by atoms with Crippen LogP contribution < -0.4 is 0 Å². The zero-order valence-electron chi connectivity index (χ0n) is 11.8. The fraction of sp³-hybridized carbons (Fsp3) is 0.278. The molecule has 0 aromatic heterocycles. The van der Waals surface area contributed by atoms with Crippen molar-refractivity contribution in [3.8, 4) is 6.07 Å². The first-order chi connectivity index (χ1) is 9.74. The third-order valence-electron chi connectivity index (χ3n) is 3.95. The predicted octanol–water partition coefficient (Wildman–Crippen LogP) is 3.43. The van der Waals surface area contributed by atoms with Crippen molar-refractivity contribution in [2.75, 3.05) is 6.54 Å². The van der Waals surface area contributed by atoms with Crippen LogP contribution in [0.25, 0.3) is 0 Å². The van der Waals surface area contributed by atoms with Crippen molar-refractivity contribution in [3.63, 3.8) is 0 Å². The van der Waals surface area contributed by atoms with E-state index in [2.05, 4.69) is 48.2 Å². The maximum absolute atomic E-state index is 9.00. The van der Waals surface area contributed by atoms with E-state index in [1.54, 1.807) is 0 Å². The zero-order chi connectivity index (χ0) is 13.9. The van der Waals surface area contributed by atoms with Crippen molar-refractivity contribution in [1.29, 1.82) is 5.26 Å². The summed E-state index contributed by atoms with van der Waals surface area (Å²) in [5, 5.41) is 9.00. The lowest BCUT2D eigenvalue weighted by Crippen LogP contribution is -2.30. The fourth-order valence-corrected chi connectivity index (χ4v) is 2.77. The summed E-state index contributed by atoms with van der Waals surface area (Å²) < 4.78 is 0. The molecule has 0 unspecified atom stereocenters. The van der Waals surface area contributed by atoms with Gasteiger partial charge in [-0.15, -0.1) is 0 Å². The number of fused-ring (bicyclic) bond motifs is 1. The van der Waals surface area contributed by atoms with E-state index in [0.29, 0.717) is 0 Å². The summed E-state index contributed by atoms with van der Waals surface area (Å²) in [4.78, 5) is 2.45. The number of nitriles is 1. The number of nitrogens with zero attached hydrogens (tertiary/aromatic N) is 2. The molecule has 2 nitrogen and oxygen atoms in total. The largest absolute Gasteiger partial charge is 0.294 e. The molecule has 0 N–H and O–H groups in total. The van der Waals surface area contributed by atoms with Gasteiger partial charge in [0.05, 0.1) is 11.6 Å². The lowest BCUT2D eigenvalue weighted by Gasteiger charge is -2.29. The molecule has 100 valence electrons. The van der Waals surface area contributed by atoms with E-state index < -0.39 is 0 Å². The molecule has 0 radical (unpaired) electrons. The van der Waals surface area contributed by atoms with Gasteiger partial charge in [-0.3, -0.25) is 4.90 Å². The third-order valence-corrected chi connectivity index (χ3v) is 3.95. The summed E-state index contributed by atoms with van der Waals surface area (Å²) in [7, 11) is 0. The Hall–Kier alpha value is -2.11. The highest BCUT2D eigenvalue weighted by atomic mass is 15.1. The zero-order valence-corrected chi connectivity index (χ0v) is 11.8. The number of hydrogen-bond acceptors (Lipinski definition) is 2. The number of hydrogen-bond donors (Lipinski definition) is 0. The van der Waals surface area contributed by atoms with Gasteiger partial charge >= 0.3 is 0 Å². The predicted molar refractivity (Wildman–Crippen MR) is 80.2 cm³/mol. The van der Waals surface area contributed by atoms with E-state index in [1.807, 2.05) is 12.1 Å². The van der Waals surface area contributed by atoms with Crippen LogP contribution in [0.1, 0.15) is 27.8 Å². The lowest BCUT2D eigenvalue weighted by molar-refractivity contribution is 0.245. The maximum Gasteiger partial charge on any atom is 0.0991 e. The Bertz CT molecular complexity index is 650. The molecular formula is C18H18N2. The van der Waals surface area contributed by atoms with Crippen molar-refractivity contribution in [2.24, 2.45) is 0 Å². The van der Waals surface area contributed by atoms with Crippen molar-refractivity contribution < 1.29 is 0 Å². The van der Waals surface area contributed by atoms with Crippen LogP contribution in [0.15, 0.2) is 42.5 Å². The maximum atomic E-state index is 9.00. The van der Waals surface area contributed by atoms with Crippen LogP contribution >= 0.6 is 0 Å². The first kappa shape index (κ1) is 12.9. The molecule has 2 aromatic carbocycles. The van der Waals surface area contributed by atoms with Crippen LogP contribution in [0.3, 0.4) is 0 Å². The first-order valence-electron chi connectivity index (χ1n) is 7.04. The minimum absolute atomic E-state index is 0.765.